The zero-order valence-corrected chi connectivity index (χ0v) is 10.9. The molecule has 94 valence electrons. The van der Waals surface area contributed by atoms with Gasteiger partial charge in [0.05, 0.1) is 14.2 Å². The zero-order chi connectivity index (χ0) is 13.0. The topological polar surface area (TPSA) is 44.2 Å². The molecular weight excluding hydrogens is 252 g/mol. The van der Waals surface area contributed by atoms with Crippen LogP contribution in [0.3, 0.4) is 0 Å². The number of hydrogen-bond donors (Lipinski definition) is 0. The van der Waals surface area contributed by atoms with Gasteiger partial charge in [-0.05, 0) is 23.8 Å². The van der Waals surface area contributed by atoms with Crippen LogP contribution in [0.25, 0.3) is 0 Å². The van der Waals surface area contributed by atoms with E-state index >= 15 is 0 Å². The largest absolute Gasteiger partial charge is 0.493 e. The van der Waals surface area contributed by atoms with Crippen LogP contribution < -0.4 is 9.47 Å². The van der Waals surface area contributed by atoms with Crippen LogP contribution in [0.4, 0.5) is 0 Å². The van der Waals surface area contributed by atoms with Gasteiger partial charge in [0, 0.05) is 12.6 Å². The molecular formula is C13H13ClN2O2. The summed E-state index contributed by atoms with van der Waals surface area (Å²) >= 11 is 5.82. The molecule has 0 saturated carbocycles. The normalized spacial score (nSPS) is 10.2. The lowest BCUT2D eigenvalue weighted by Gasteiger charge is -2.09. The molecule has 1 aromatic heterocycles. The van der Waals surface area contributed by atoms with E-state index in [9.17, 15) is 0 Å². The van der Waals surface area contributed by atoms with E-state index in [1.54, 1.807) is 26.5 Å². The van der Waals surface area contributed by atoms with E-state index in [4.69, 9.17) is 21.1 Å². The lowest BCUT2D eigenvalue weighted by atomic mass is 10.1. The number of benzene rings is 1. The number of aromatic nitrogens is 2. The summed E-state index contributed by atoms with van der Waals surface area (Å²) in [5, 5.41) is 0.445. The van der Waals surface area contributed by atoms with Crippen LogP contribution in [-0.4, -0.2) is 24.2 Å². The van der Waals surface area contributed by atoms with Crippen molar-refractivity contribution >= 4 is 11.6 Å². The van der Waals surface area contributed by atoms with Crippen LogP contribution in [0.2, 0.25) is 5.15 Å². The predicted molar refractivity (Wildman–Crippen MR) is 69.4 cm³/mol. The summed E-state index contributed by atoms with van der Waals surface area (Å²) in [4.78, 5) is 8.31. The molecule has 0 saturated heterocycles. The van der Waals surface area contributed by atoms with E-state index in [1.807, 2.05) is 18.2 Å². The molecule has 0 fully saturated rings. The Bertz CT molecular complexity index is 546. The Balaban J connectivity index is 2.24. The van der Waals surface area contributed by atoms with Crippen molar-refractivity contribution in [2.75, 3.05) is 14.2 Å². The molecule has 2 aromatic rings. The number of halogens is 1. The summed E-state index contributed by atoms with van der Waals surface area (Å²) in [6.45, 7) is 0. The SMILES string of the molecule is COc1ccc(Cc2nccc(Cl)n2)cc1OC. The first kappa shape index (κ1) is 12.6. The molecule has 18 heavy (non-hydrogen) atoms. The highest BCUT2D eigenvalue weighted by molar-refractivity contribution is 6.29. The summed E-state index contributed by atoms with van der Waals surface area (Å²) in [7, 11) is 3.22. The van der Waals surface area contributed by atoms with Gasteiger partial charge in [0.2, 0.25) is 0 Å². The Kier molecular flexibility index (Phi) is 3.99. The first-order chi connectivity index (χ1) is 8.72. The lowest BCUT2D eigenvalue weighted by Crippen LogP contribution is -1.97. The van der Waals surface area contributed by atoms with Crippen molar-refractivity contribution < 1.29 is 9.47 Å². The van der Waals surface area contributed by atoms with Crippen LogP contribution >= 0.6 is 11.6 Å². The fraction of sp³-hybridized carbons (Fsp3) is 0.231. The highest BCUT2D eigenvalue weighted by Gasteiger charge is 2.06. The second kappa shape index (κ2) is 5.69. The van der Waals surface area contributed by atoms with Gasteiger partial charge in [-0.15, -0.1) is 0 Å². The van der Waals surface area contributed by atoms with Crippen molar-refractivity contribution in [2.24, 2.45) is 0 Å². The van der Waals surface area contributed by atoms with E-state index in [-0.39, 0.29) is 0 Å². The molecule has 2 rings (SSSR count). The third kappa shape index (κ3) is 2.90. The highest BCUT2D eigenvalue weighted by Crippen LogP contribution is 2.28. The summed E-state index contributed by atoms with van der Waals surface area (Å²) in [6.07, 6.45) is 2.24. The highest BCUT2D eigenvalue weighted by atomic mass is 35.5. The van der Waals surface area contributed by atoms with Gasteiger partial charge in [0.1, 0.15) is 11.0 Å². The Hall–Kier alpha value is -1.81. The van der Waals surface area contributed by atoms with Crippen molar-refractivity contribution in [2.45, 2.75) is 6.42 Å². The maximum Gasteiger partial charge on any atom is 0.161 e. The summed E-state index contributed by atoms with van der Waals surface area (Å²) in [5.74, 6) is 2.07. The molecule has 0 spiro atoms. The molecule has 0 N–H and O–H groups in total. The van der Waals surface area contributed by atoms with E-state index in [0.29, 0.717) is 28.9 Å². The summed E-state index contributed by atoms with van der Waals surface area (Å²) < 4.78 is 10.4. The first-order valence-corrected chi connectivity index (χ1v) is 5.79. The molecule has 1 heterocycles. The van der Waals surface area contributed by atoms with Crippen LogP contribution in [0, 0.1) is 0 Å². The summed E-state index contributed by atoms with van der Waals surface area (Å²) in [6, 6.07) is 7.37. The average molecular weight is 265 g/mol. The number of methoxy groups -OCH3 is 2. The van der Waals surface area contributed by atoms with Crippen LogP contribution in [0.1, 0.15) is 11.4 Å². The van der Waals surface area contributed by atoms with Gasteiger partial charge in [0.15, 0.2) is 11.5 Å². The van der Waals surface area contributed by atoms with E-state index in [0.717, 1.165) is 5.56 Å². The van der Waals surface area contributed by atoms with Gasteiger partial charge in [-0.2, -0.15) is 0 Å². The third-order valence-electron chi connectivity index (χ3n) is 2.48. The van der Waals surface area contributed by atoms with Gasteiger partial charge < -0.3 is 9.47 Å². The number of ether oxygens (including phenoxy) is 2. The molecule has 5 heteroatoms. The fourth-order valence-electron chi connectivity index (χ4n) is 1.63. The average Bonchev–Trinajstić information content (AvgIpc) is 2.38. The van der Waals surface area contributed by atoms with Gasteiger partial charge >= 0.3 is 0 Å². The van der Waals surface area contributed by atoms with Crippen molar-refractivity contribution in [1.82, 2.24) is 9.97 Å². The van der Waals surface area contributed by atoms with Gasteiger partial charge in [-0.3, -0.25) is 0 Å². The van der Waals surface area contributed by atoms with Gasteiger partial charge in [0.25, 0.3) is 0 Å². The molecule has 0 aliphatic rings. The van der Waals surface area contributed by atoms with Crippen molar-refractivity contribution in [3.63, 3.8) is 0 Å². The lowest BCUT2D eigenvalue weighted by molar-refractivity contribution is 0.354. The molecule has 0 radical (unpaired) electrons. The van der Waals surface area contributed by atoms with E-state index < -0.39 is 0 Å². The Labute approximate surface area is 111 Å². The van der Waals surface area contributed by atoms with Crippen LogP contribution in [0.15, 0.2) is 30.5 Å². The van der Waals surface area contributed by atoms with E-state index in [1.165, 1.54) is 0 Å². The molecule has 0 atom stereocenters. The Morgan fingerprint density at radius 2 is 1.89 bits per heavy atom. The maximum absolute atomic E-state index is 5.82. The second-order valence-corrected chi connectivity index (χ2v) is 4.05. The molecule has 0 unspecified atom stereocenters. The predicted octanol–water partition coefficient (Wildman–Crippen LogP) is 2.74. The number of rotatable bonds is 4. The molecule has 4 nitrogen and oxygen atoms in total. The van der Waals surface area contributed by atoms with Crippen LogP contribution in [-0.2, 0) is 6.42 Å². The number of nitrogens with zero attached hydrogens (tertiary/aromatic N) is 2. The second-order valence-electron chi connectivity index (χ2n) is 3.66. The Morgan fingerprint density at radius 1 is 1.11 bits per heavy atom. The molecule has 0 bridgehead atoms. The van der Waals surface area contributed by atoms with Gasteiger partial charge in [-0.25, -0.2) is 9.97 Å². The van der Waals surface area contributed by atoms with Crippen molar-refractivity contribution in [1.29, 1.82) is 0 Å². The van der Waals surface area contributed by atoms with E-state index in [2.05, 4.69) is 9.97 Å². The van der Waals surface area contributed by atoms with Gasteiger partial charge in [-0.1, -0.05) is 17.7 Å². The smallest absolute Gasteiger partial charge is 0.161 e. The fourth-order valence-corrected chi connectivity index (χ4v) is 1.79. The minimum absolute atomic E-state index is 0.445. The third-order valence-corrected chi connectivity index (χ3v) is 2.69. The molecule has 0 amide bonds. The standard InChI is InChI=1S/C13H13ClN2O2/c1-17-10-4-3-9(7-11(10)18-2)8-13-15-6-5-12(14)16-13/h3-7H,8H2,1-2H3. The minimum Gasteiger partial charge on any atom is -0.493 e. The Morgan fingerprint density at radius 3 is 2.56 bits per heavy atom. The zero-order valence-electron chi connectivity index (χ0n) is 10.2. The molecule has 0 aliphatic heterocycles. The summed E-state index contributed by atoms with van der Waals surface area (Å²) in [5.41, 5.74) is 1.04. The molecule has 0 aliphatic carbocycles. The van der Waals surface area contributed by atoms with Crippen LogP contribution in [0.5, 0.6) is 11.5 Å². The van der Waals surface area contributed by atoms with Crippen molar-refractivity contribution in [3.05, 3.63) is 47.0 Å². The first-order valence-electron chi connectivity index (χ1n) is 5.41. The monoisotopic (exact) mass is 264 g/mol. The molecule has 1 aromatic carbocycles. The maximum atomic E-state index is 5.82. The van der Waals surface area contributed by atoms with Crippen molar-refractivity contribution in [3.8, 4) is 11.5 Å². The minimum atomic E-state index is 0.445. The number of hydrogen-bond acceptors (Lipinski definition) is 4. The quantitative estimate of drug-likeness (QED) is 0.797.